The molecule has 0 fully saturated rings. The van der Waals surface area contributed by atoms with Gasteiger partial charge in [-0.05, 0) is 170 Å². The molecule has 0 N–H and O–H groups in total. The molecule has 0 saturated heterocycles. The molecule has 3 atom stereocenters. The van der Waals surface area contributed by atoms with Gasteiger partial charge in [-0.1, -0.05) is 201 Å². The summed E-state index contributed by atoms with van der Waals surface area (Å²) in [5.74, 6) is 3.23. The Labute approximate surface area is 477 Å². The molecule has 2 aliphatic carbocycles. The molecule has 7 aromatic rings. The number of benzene rings is 7. The lowest BCUT2D eigenvalue weighted by molar-refractivity contribution is 0.406. The normalized spacial score (nSPS) is 14.6. The Kier molecular flexibility index (Phi) is 23.1. The lowest BCUT2D eigenvalue weighted by Crippen LogP contribution is -2.27. The molecule has 2 unspecified atom stereocenters. The van der Waals surface area contributed by atoms with E-state index in [4.69, 9.17) is 9.47 Å². The van der Waals surface area contributed by atoms with Crippen LogP contribution >= 0.6 is 0 Å². The van der Waals surface area contributed by atoms with Crippen LogP contribution in [0.25, 0.3) is 49.5 Å². The fourth-order valence-electron chi connectivity index (χ4n) is 11.3. The van der Waals surface area contributed by atoms with Gasteiger partial charge in [0, 0.05) is 57.2 Å². The molecule has 4 heteroatoms. The summed E-state index contributed by atoms with van der Waals surface area (Å²) in [7, 11) is 5.86. The van der Waals surface area contributed by atoms with E-state index in [0.717, 1.165) is 64.4 Å². The highest BCUT2D eigenvalue weighted by Crippen LogP contribution is 2.44. The Morgan fingerprint density at radius 3 is 1.66 bits per heavy atom. The summed E-state index contributed by atoms with van der Waals surface area (Å²) < 4.78 is 12.4. The van der Waals surface area contributed by atoms with Gasteiger partial charge in [0.25, 0.3) is 0 Å². The number of anilines is 3. The Bertz CT molecular complexity index is 3310. The highest BCUT2D eigenvalue weighted by molar-refractivity contribution is 6.17. The second-order valence-corrected chi connectivity index (χ2v) is 21.9. The maximum atomic E-state index is 6.25. The Balaban J connectivity index is 0.000000756. The number of methoxy groups -OCH3 is 2. The molecule has 0 spiro atoms. The van der Waals surface area contributed by atoms with E-state index < -0.39 is 0 Å². The van der Waals surface area contributed by atoms with Gasteiger partial charge in [0.2, 0.25) is 0 Å². The highest BCUT2D eigenvalue weighted by Gasteiger charge is 2.24. The van der Waals surface area contributed by atoms with Gasteiger partial charge in [0.1, 0.15) is 11.5 Å². The van der Waals surface area contributed by atoms with Crippen molar-refractivity contribution in [3.63, 3.8) is 0 Å². The van der Waals surface area contributed by atoms with Crippen LogP contribution in [0.1, 0.15) is 161 Å². The van der Waals surface area contributed by atoms with Crippen LogP contribution < -0.4 is 24.5 Å². The van der Waals surface area contributed by atoms with Crippen molar-refractivity contribution in [2.24, 2.45) is 5.92 Å². The van der Waals surface area contributed by atoms with Gasteiger partial charge in [-0.2, -0.15) is 0 Å². The van der Waals surface area contributed by atoms with Crippen LogP contribution in [0.5, 0.6) is 11.5 Å². The minimum atomic E-state index is 0.416. The Morgan fingerprint density at radius 1 is 0.633 bits per heavy atom. The molecular weight excluding hydrogens is 961 g/mol. The quantitative estimate of drug-likeness (QED) is 0.0849. The van der Waals surface area contributed by atoms with E-state index >= 15 is 0 Å². The average molecular weight is 1060 g/mol. The largest absolute Gasteiger partial charge is 0.496 e. The van der Waals surface area contributed by atoms with Gasteiger partial charge in [0.15, 0.2) is 0 Å². The summed E-state index contributed by atoms with van der Waals surface area (Å²) in [6, 6.07) is 43.1. The second kappa shape index (κ2) is 29.8. The van der Waals surface area contributed by atoms with E-state index in [1.54, 1.807) is 0 Å². The summed E-state index contributed by atoms with van der Waals surface area (Å²) in [6.45, 7) is 29.9. The third kappa shape index (κ3) is 14.8. The molecule has 7 aromatic carbocycles. The summed E-state index contributed by atoms with van der Waals surface area (Å²) in [5, 5.41) is 6.39. The molecule has 9 rings (SSSR count). The number of hydrogen-bond donors (Lipinski definition) is 0. The second-order valence-electron chi connectivity index (χ2n) is 21.9. The van der Waals surface area contributed by atoms with Crippen molar-refractivity contribution in [1.29, 1.82) is 0 Å². The SMILES string of the molecule is C1=CCCC=C1.C=C(C)C.CC.CCCCC(C)c1cccc(-c2cccc(N(C3=CC=C[C@H](C)C3)/C(C)=c3\ccc4c(C)cc(N(C)c5cccc(-c6cccc(C(C)CCCC)c6OC)c5)c5ccc(C)c3c45)c2)c1OC. The number of rotatable bonds is 17. The summed E-state index contributed by atoms with van der Waals surface area (Å²) >= 11 is 0. The van der Waals surface area contributed by atoms with Gasteiger partial charge in [-0.3, -0.25) is 0 Å². The molecule has 4 nitrogen and oxygen atoms in total. The zero-order valence-electron chi connectivity index (χ0n) is 51.0. The molecule has 0 bridgehead atoms. The topological polar surface area (TPSA) is 24.9 Å². The maximum absolute atomic E-state index is 6.25. The number of ether oxygens (including phenoxy) is 2. The fraction of sp³-hybridized carbons (Fsp3) is 0.360. The predicted molar refractivity (Wildman–Crippen MR) is 349 cm³/mol. The van der Waals surface area contributed by atoms with E-state index in [1.165, 1.54) is 110 Å². The highest BCUT2D eigenvalue weighted by atomic mass is 16.5. The number of para-hydroxylation sites is 2. The molecule has 416 valence electrons. The van der Waals surface area contributed by atoms with Gasteiger partial charge in [0.05, 0.1) is 14.2 Å². The summed E-state index contributed by atoms with van der Waals surface area (Å²) in [6.07, 6.45) is 25.9. The molecular formula is C75H94N2O2. The Hall–Kier alpha value is -7.04. The molecule has 0 heterocycles. The number of allylic oxidation sites excluding steroid dienone is 9. The van der Waals surface area contributed by atoms with Crippen molar-refractivity contribution < 1.29 is 9.47 Å². The lowest BCUT2D eigenvalue weighted by atomic mass is 9.90. The molecule has 0 aliphatic heterocycles. The monoisotopic (exact) mass is 1050 g/mol. The Morgan fingerprint density at radius 2 is 1.15 bits per heavy atom. The third-order valence-corrected chi connectivity index (χ3v) is 15.4. The fourth-order valence-corrected chi connectivity index (χ4v) is 11.3. The molecule has 0 amide bonds. The van der Waals surface area contributed by atoms with Gasteiger partial charge in [-0.25, -0.2) is 0 Å². The van der Waals surface area contributed by atoms with Crippen LogP contribution in [0.4, 0.5) is 17.1 Å². The van der Waals surface area contributed by atoms with E-state index in [1.807, 2.05) is 41.9 Å². The van der Waals surface area contributed by atoms with Crippen LogP contribution in [-0.4, -0.2) is 21.3 Å². The summed E-state index contributed by atoms with van der Waals surface area (Å²) in [4.78, 5) is 4.89. The molecule has 0 radical (unpaired) electrons. The first kappa shape index (κ1) is 61.2. The van der Waals surface area contributed by atoms with Crippen molar-refractivity contribution in [2.45, 2.75) is 153 Å². The average Bonchev–Trinajstić information content (AvgIpc) is 3.64. The molecule has 0 aromatic heterocycles. The van der Waals surface area contributed by atoms with E-state index in [2.05, 4.69) is 237 Å². The van der Waals surface area contributed by atoms with Crippen LogP contribution in [0.15, 0.2) is 176 Å². The zero-order chi connectivity index (χ0) is 57.2. The van der Waals surface area contributed by atoms with E-state index in [9.17, 15) is 0 Å². The van der Waals surface area contributed by atoms with Crippen LogP contribution in [0.2, 0.25) is 0 Å². The predicted octanol–water partition coefficient (Wildman–Crippen LogP) is 21.7. The maximum Gasteiger partial charge on any atom is 0.130 e. The number of nitrogens with zero attached hydrogens (tertiary/aromatic N) is 2. The first-order valence-electron chi connectivity index (χ1n) is 29.6. The smallest absolute Gasteiger partial charge is 0.130 e. The zero-order valence-corrected chi connectivity index (χ0v) is 51.0. The van der Waals surface area contributed by atoms with Gasteiger partial charge in [-0.15, -0.1) is 6.58 Å². The third-order valence-electron chi connectivity index (χ3n) is 15.4. The minimum Gasteiger partial charge on any atom is -0.496 e. The standard InChI is InChI=1S/C63H72N2O2.C6H8.C4H8.C2H6/c1-12-14-22-42(4)53-29-19-31-56(62(53)66-10)47-24-17-26-49(39-47)64(9)59-38-45(7)52-35-36-55(60-44(6)33-34-58(59)61(52)60)46(8)65(50-27-16-21-41(3)37-50)51-28-18-25-48(40-51)57-32-20-30-54(63(57)67-11)43(5)23-15-13-2;1-2-4-6-5-3-1;1-4(2)3;1-2/h16-21,24-36,38-43H,12-15,22-23,37H2,1-11H3;1-4H,5-6H2;1H2,2-3H3;1-2H3/b55-46+;;;/t41-,42?,43?;;;/m0.../s1. The first-order chi connectivity index (χ1) is 38.2. The van der Waals surface area contributed by atoms with Gasteiger partial charge < -0.3 is 19.3 Å². The molecule has 79 heavy (non-hydrogen) atoms. The lowest BCUT2D eigenvalue weighted by Gasteiger charge is -2.32. The van der Waals surface area contributed by atoms with Crippen molar-refractivity contribution in [3.8, 4) is 33.8 Å². The van der Waals surface area contributed by atoms with Gasteiger partial charge >= 0.3 is 0 Å². The minimum absolute atomic E-state index is 0.416. The van der Waals surface area contributed by atoms with Crippen molar-refractivity contribution in [3.05, 3.63) is 203 Å². The van der Waals surface area contributed by atoms with Crippen LogP contribution in [-0.2, 0) is 0 Å². The first-order valence-corrected chi connectivity index (χ1v) is 29.6. The van der Waals surface area contributed by atoms with Crippen molar-refractivity contribution >= 4 is 44.3 Å². The number of aryl methyl sites for hydroxylation is 2. The van der Waals surface area contributed by atoms with Crippen LogP contribution in [0, 0.1) is 19.8 Å². The molecule has 2 aliphatic rings. The molecule has 0 saturated carbocycles. The number of hydrogen-bond acceptors (Lipinski definition) is 4. The summed E-state index contributed by atoms with van der Waals surface area (Å²) in [5.41, 5.74) is 16.8. The van der Waals surface area contributed by atoms with Crippen LogP contribution in [0.3, 0.4) is 0 Å². The van der Waals surface area contributed by atoms with Crippen molar-refractivity contribution in [1.82, 2.24) is 0 Å². The van der Waals surface area contributed by atoms with E-state index in [-0.39, 0.29) is 0 Å². The number of unbranched alkanes of at least 4 members (excludes halogenated alkanes) is 2. The van der Waals surface area contributed by atoms with Crippen molar-refractivity contribution in [2.75, 3.05) is 31.1 Å². The van der Waals surface area contributed by atoms with E-state index in [0.29, 0.717) is 17.8 Å².